The van der Waals surface area contributed by atoms with Crippen LogP contribution in [0.15, 0.2) is 6.07 Å². The molecule has 2 saturated heterocycles. The normalized spacial score (nSPS) is 29.6. The molecule has 30 heavy (non-hydrogen) atoms. The molecule has 3 aliphatic heterocycles. The van der Waals surface area contributed by atoms with Gasteiger partial charge in [0.2, 0.25) is 0 Å². The summed E-state index contributed by atoms with van der Waals surface area (Å²) in [5.41, 5.74) is 6.79. The van der Waals surface area contributed by atoms with Crippen LogP contribution in [-0.4, -0.2) is 62.5 Å². The van der Waals surface area contributed by atoms with E-state index in [1.54, 1.807) is 6.07 Å². The number of benzene rings is 1. The summed E-state index contributed by atoms with van der Waals surface area (Å²) in [5, 5.41) is 3.46. The van der Waals surface area contributed by atoms with E-state index in [1.165, 1.54) is 0 Å². The lowest BCUT2D eigenvalue weighted by Crippen LogP contribution is -2.44. The van der Waals surface area contributed by atoms with Crippen LogP contribution >= 0.6 is 11.6 Å². The third-order valence-corrected chi connectivity index (χ3v) is 7.59. The summed E-state index contributed by atoms with van der Waals surface area (Å²) in [7, 11) is 0. The predicted octanol–water partition coefficient (Wildman–Crippen LogP) is 2.67. The first-order valence-electron chi connectivity index (χ1n) is 11.0. The number of nitrogen functional groups attached to an aromatic ring is 1. The van der Waals surface area contributed by atoms with E-state index in [0.29, 0.717) is 85.5 Å². The highest BCUT2D eigenvalue weighted by molar-refractivity contribution is 6.33. The van der Waals surface area contributed by atoms with Crippen molar-refractivity contribution in [1.29, 1.82) is 0 Å². The van der Waals surface area contributed by atoms with Crippen molar-refractivity contribution in [3.63, 3.8) is 0 Å². The number of hydrogen-bond acceptors (Lipinski definition) is 5. The van der Waals surface area contributed by atoms with Crippen molar-refractivity contribution in [2.45, 2.75) is 31.4 Å². The minimum atomic E-state index is -1.10. The Kier molecular flexibility index (Phi) is 5.32. The van der Waals surface area contributed by atoms with Crippen molar-refractivity contribution in [3.05, 3.63) is 22.2 Å². The van der Waals surface area contributed by atoms with Crippen LogP contribution in [0, 0.1) is 17.8 Å². The molecule has 6 nitrogen and oxygen atoms in total. The van der Waals surface area contributed by atoms with Gasteiger partial charge in [0.1, 0.15) is 11.4 Å². The number of likely N-dealkylation sites (tertiary alicyclic amines) is 1. The highest BCUT2D eigenvalue weighted by Gasteiger charge is 2.56. The lowest BCUT2D eigenvalue weighted by Gasteiger charge is -2.34. The topological polar surface area (TPSA) is 76.8 Å². The van der Waals surface area contributed by atoms with Crippen molar-refractivity contribution in [2.75, 3.05) is 51.7 Å². The standard InChI is InChI=1S/C22H29ClFN3O3/c23-18-8-14(20-13(19(18)25)2-1-5-30-20)21(28)26-9-15-16-10-27(11-17(15)16)12-22(24)3-6-29-7-4-22/h8,15-17H,1-7,9-12,25H2,(H,26,28). The van der Waals surface area contributed by atoms with Crippen LogP contribution in [-0.2, 0) is 11.2 Å². The Bertz CT molecular complexity index is 833. The maximum atomic E-state index is 14.9. The molecule has 1 aromatic carbocycles. The average Bonchev–Trinajstić information content (AvgIpc) is 3.20. The van der Waals surface area contributed by atoms with Crippen LogP contribution in [0.4, 0.5) is 10.1 Å². The molecule has 0 radical (unpaired) electrons. The lowest BCUT2D eigenvalue weighted by molar-refractivity contribution is -0.0258. The fraction of sp³-hybridized carbons (Fsp3) is 0.682. The Morgan fingerprint density at radius 1 is 1.30 bits per heavy atom. The van der Waals surface area contributed by atoms with Gasteiger partial charge in [-0.25, -0.2) is 4.39 Å². The van der Waals surface area contributed by atoms with Crippen LogP contribution in [0.5, 0.6) is 5.75 Å². The first kappa shape index (κ1) is 20.3. The average molecular weight is 438 g/mol. The Balaban J connectivity index is 1.15. The number of hydrogen-bond donors (Lipinski definition) is 2. The van der Waals surface area contributed by atoms with Crippen molar-refractivity contribution in [1.82, 2.24) is 10.2 Å². The molecule has 5 rings (SSSR count). The summed E-state index contributed by atoms with van der Waals surface area (Å²) in [6.07, 6.45) is 2.63. The number of carbonyl (C=O) groups is 1. The van der Waals surface area contributed by atoms with E-state index in [2.05, 4.69) is 10.2 Å². The Morgan fingerprint density at radius 3 is 2.77 bits per heavy atom. The molecule has 3 N–H and O–H groups in total. The number of fused-ring (bicyclic) bond motifs is 2. The predicted molar refractivity (Wildman–Crippen MR) is 113 cm³/mol. The zero-order chi connectivity index (χ0) is 20.9. The third-order valence-electron chi connectivity index (χ3n) is 7.28. The molecule has 1 aromatic rings. The SMILES string of the molecule is Nc1c(Cl)cc(C(=O)NCC2C3CN(CC4(F)CCOCC4)CC23)c2c1CCCO2. The van der Waals surface area contributed by atoms with E-state index in [4.69, 9.17) is 26.8 Å². The van der Waals surface area contributed by atoms with Gasteiger partial charge in [0.15, 0.2) is 0 Å². The number of rotatable bonds is 5. The lowest BCUT2D eigenvalue weighted by atomic mass is 9.96. The largest absolute Gasteiger partial charge is 0.492 e. The molecule has 1 amide bonds. The zero-order valence-corrected chi connectivity index (χ0v) is 17.8. The van der Waals surface area contributed by atoms with Crippen molar-refractivity contribution >= 4 is 23.2 Å². The quantitative estimate of drug-likeness (QED) is 0.692. The first-order chi connectivity index (χ1) is 14.5. The highest BCUT2D eigenvalue weighted by Crippen LogP contribution is 2.52. The fourth-order valence-electron chi connectivity index (χ4n) is 5.47. The van der Waals surface area contributed by atoms with E-state index in [-0.39, 0.29) is 5.91 Å². The van der Waals surface area contributed by atoms with Gasteiger partial charge >= 0.3 is 0 Å². The molecule has 0 aromatic heterocycles. The summed E-state index contributed by atoms with van der Waals surface area (Å²) in [6, 6.07) is 1.61. The van der Waals surface area contributed by atoms with E-state index in [1.807, 2.05) is 0 Å². The minimum Gasteiger partial charge on any atom is -0.492 e. The Morgan fingerprint density at radius 2 is 2.03 bits per heavy atom. The summed E-state index contributed by atoms with van der Waals surface area (Å²) in [6.45, 7) is 4.61. The van der Waals surface area contributed by atoms with Gasteiger partial charge in [-0.3, -0.25) is 9.69 Å². The monoisotopic (exact) mass is 437 g/mol. The van der Waals surface area contributed by atoms with Crippen LogP contribution in [0.1, 0.15) is 35.2 Å². The molecular weight excluding hydrogens is 409 g/mol. The van der Waals surface area contributed by atoms with Gasteiger partial charge in [-0.05, 0) is 36.7 Å². The van der Waals surface area contributed by atoms with Gasteiger partial charge in [-0.2, -0.15) is 0 Å². The van der Waals surface area contributed by atoms with Crippen LogP contribution in [0.25, 0.3) is 0 Å². The summed E-state index contributed by atoms with van der Waals surface area (Å²) in [5.74, 6) is 1.98. The Hall–Kier alpha value is -1.57. The van der Waals surface area contributed by atoms with E-state index in [0.717, 1.165) is 31.5 Å². The number of nitrogens with one attached hydrogen (secondary N) is 1. The Labute approximate surface area is 181 Å². The number of nitrogens with two attached hydrogens (primary N) is 1. The smallest absolute Gasteiger partial charge is 0.255 e. The molecule has 3 heterocycles. The highest BCUT2D eigenvalue weighted by atomic mass is 35.5. The molecule has 8 heteroatoms. The summed E-state index contributed by atoms with van der Waals surface area (Å²) >= 11 is 6.25. The van der Waals surface area contributed by atoms with Crippen molar-refractivity contribution in [3.8, 4) is 5.75 Å². The third kappa shape index (κ3) is 3.76. The summed E-state index contributed by atoms with van der Waals surface area (Å²) < 4.78 is 25.9. The molecule has 1 saturated carbocycles. The molecule has 4 aliphatic rings. The molecule has 2 atom stereocenters. The number of ether oxygens (including phenoxy) is 2. The van der Waals surface area contributed by atoms with Crippen LogP contribution in [0.3, 0.4) is 0 Å². The van der Waals surface area contributed by atoms with Crippen molar-refractivity contribution < 1.29 is 18.7 Å². The maximum absolute atomic E-state index is 14.9. The van der Waals surface area contributed by atoms with E-state index < -0.39 is 5.67 Å². The minimum absolute atomic E-state index is 0.165. The number of carbonyl (C=O) groups excluding carboxylic acids is 1. The van der Waals surface area contributed by atoms with Crippen molar-refractivity contribution in [2.24, 2.45) is 17.8 Å². The van der Waals surface area contributed by atoms with Gasteiger partial charge in [-0.15, -0.1) is 0 Å². The fourth-order valence-corrected chi connectivity index (χ4v) is 5.70. The molecule has 3 fully saturated rings. The second kappa shape index (κ2) is 7.84. The first-order valence-corrected chi connectivity index (χ1v) is 11.3. The molecule has 2 unspecified atom stereocenters. The number of nitrogens with zero attached hydrogens (tertiary/aromatic N) is 1. The van der Waals surface area contributed by atoms with E-state index in [9.17, 15) is 9.18 Å². The molecular formula is C22H29ClFN3O3. The zero-order valence-electron chi connectivity index (χ0n) is 17.1. The second-order valence-electron chi connectivity index (χ2n) is 9.24. The molecule has 1 aliphatic carbocycles. The van der Waals surface area contributed by atoms with Gasteiger partial charge in [0.05, 0.1) is 22.9 Å². The number of anilines is 1. The maximum Gasteiger partial charge on any atom is 0.255 e. The van der Waals surface area contributed by atoms with E-state index >= 15 is 0 Å². The number of halogens is 2. The second-order valence-corrected chi connectivity index (χ2v) is 9.65. The van der Waals surface area contributed by atoms with Gasteiger partial charge in [0.25, 0.3) is 5.91 Å². The number of alkyl halides is 1. The van der Waals surface area contributed by atoms with Crippen LogP contribution in [0.2, 0.25) is 5.02 Å². The molecule has 0 bridgehead atoms. The number of amides is 1. The van der Waals surface area contributed by atoms with Gasteiger partial charge in [-0.1, -0.05) is 11.6 Å². The summed E-state index contributed by atoms with van der Waals surface area (Å²) in [4.78, 5) is 15.1. The van der Waals surface area contributed by atoms with Crippen LogP contribution < -0.4 is 15.8 Å². The number of piperidine rings is 1. The molecule has 164 valence electrons. The molecule has 0 spiro atoms. The van der Waals surface area contributed by atoms with Gasteiger partial charge in [0, 0.05) is 57.8 Å². The van der Waals surface area contributed by atoms with Gasteiger partial charge < -0.3 is 20.5 Å².